The Kier molecular flexibility index (Phi) is 9.72. The van der Waals surface area contributed by atoms with Gasteiger partial charge < -0.3 is 9.13 Å². The minimum Gasteiger partial charge on any atom is -0.324 e. The van der Waals surface area contributed by atoms with Crippen LogP contribution in [0.3, 0.4) is 0 Å². The Labute approximate surface area is 384 Å². The quantitative estimate of drug-likeness (QED) is 0.136. The van der Waals surface area contributed by atoms with Gasteiger partial charge in [0.05, 0.1) is 22.1 Å². The number of rotatable bonds is 9. The Morgan fingerprint density at radius 1 is 0.303 bits per heavy atom. The van der Waals surface area contributed by atoms with Crippen LogP contribution in [0.15, 0.2) is 218 Å². The standard InChI is InChI=1S/C62H46N4/c1-3-65-56-38-20-36-52(59(56)63-61(65)42-24-10-6-11-25-42)46-30-16-14-28-44(46)48-32-18-34-50-54(48)40-55-49(33-19-35-51(55)58(50)41-22-8-5-9-23-41)45-29-15-17-31-47(45)53-37-21-39-57-60(53)64-62(66(57)4-2)43-26-12-7-13-27-43/h5-40H,3-4H2,1-2H3. The van der Waals surface area contributed by atoms with Crippen LogP contribution in [-0.4, -0.2) is 19.1 Å². The molecule has 0 aliphatic carbocycles. The summed E-state index contributed by atoms with van der Waals surface area (Å²) in [4.78, 5) is 10.8. The molecule has 4 heteroatoms. The van der Waals surface area contributed by atoms with E-state index in [0.717, 1.165) is 80.2 Å². The van der Waals surface area contributed by atoms with Gasteiger partial charge in [-0.25, -0.2) is 9.97 Å². The summed E-state index contributed by atoms with van der Waals surface area (Å²) in [6.45, 7) is 6.05. The molecule has 12 rings (SSSR count). The molecule has 4 nitrogen and oxygen atoms in total. The first-order valence-corrected chi connectivity index (χ1v) is 23.0. The summed E-state index contributed by atoms with van der Waals surface area (Å²) in [5.74, 6) is 1.98. The van der Waals surface area contributed by atoms with Crippen LogP contribution in [0.1, 0.15) is 13.8 Å². The molecule has 0 aliphatic heterocycles. The third-order valence-electron chi connectivity index (χ3n) is 13.4. The van der Waals surface area contributed by atoms with Gasteiger partial charge in [0.25, 0.3) is 0 Å². The summed E-state index contributed by atoms with van der Waals surface area (Å²) >= 11 is 0. The lowest BCUT2D eigenvalue weighted by atomic mass is 9.84. The van der Waals surface area contributed by atoms with Crippen LogP contribution >= 0.6 is 0 Å². The van der Waals surface area contributed by atoms with E-state index in [9.17, 15) is 0 Å². The number of fused-ring (bicyclic) bond motifs is 4. The molecule has 0 spiro atoms. The molecular weight excluding hydrogens is 801 g/mol. The topological polar surface area (TPSA) is 35.6 Å². The molecule has 0 atom stereocenters. The molecule has 0 saturated carbocycles. The van der Waals surface area contributed by atoms with E-state index in [1.54, 1.807) is 0 Å². The average molecular weight is 847 g/mol. The number of hydrogen-bond donors (Lipinski definition) is 0. The first-order valence-electron chi connectivity index (χ1n) is 23.0. The first kappa shape index (κ1) is 39.3. The van der Waals surface area contributed by atoms with E-state index in [4.69, 9.17) is 9.97 Å². The van der Waals surface area contributed by atoms with Crippen molar-refractivity contribution < 1.29 is 0 Å². The van der Waals surface area contributed by atoms with E-state index >= 15 is 0 Å². The second-order valence-electron chi connectivity index (χ2n) is 16.9. The third-order valence-corrected chi connectivity index (χ3v) is 13.4. The highest BCUT2D eigenvalue weighted by molar-refractivity contribution is 6.20. The molecule has 0 unspecified atom stereocenters. The molecule has 10 aromatic carbocycles. The van der Waals surface area contributed by atoms with Crippen molar-refractivity contribution in [2.45, 2.75) is 26.9 Å². The highest BCUT2D eigenvalue weighted by atomic mass is 15.1. The second-order valence-corrected chi connectivity index (χ2v) is 16.9. The minimum absolute atomic E-state index is 0.821. The summed E-state index contributed by atoms with van der Waals surface area (Å²) in [5, 5.41) is 4.84. The van der Waals surface area contributed by atoms with E-state index in [-0.39, 0.29) is 0 Å². The predicted octanol–water partition coefficient (Wildman–Crippen LogP) is 16.4. The number of imidazole rings is 2. The fourth-order valence-corrected chi connectivity index (χ4v) is 10.4. The summed E-state index contributed by atoms with van der Waals surface area (Å²) < 4.78 is 4.68. The van der Waals surface area contributed by atoms with Crippen molar-refractivity contribution in [2.75, 3.05) is 0 Å². The van der Waals surface area contributed by atoms with E-state index in [0.29, 0.717) is 0 Å². The lowest BCUT2D eigenvalue weighted by Crippen LogP contribution is -1.97. The molecule has 0 fully saturated rings. The monoisotopic (exact) mass is 846 g/mol. The smallest absolute Gasteiger partial charge is 0.141 e. The minimum atomic E-state index is 0.821. The highest BCUT2D eigenvalue weighted by Gasteiger charge is 2.22. The molecule has 66 heavy (non-hydrogen) atoms. The average Bonchev–Trinajstić information content (AvgIpc) is 3.97. The number of aryl methyl sites for hydroxylation is 2. The lowest BCUT2D eigenvalue weighted by molar-refractivity contribution is 0.796. The molecule has 0 bridgehead atoms. The SMILES string of the molecule is CCn1c(-c2ccccc2)nc2c(-c3ccccc3-c3cccc4c(-c5ccccc5)c5cccc(-c6ccccc6-c6cccc7c6nc(-c6ccccc6)n7CC)c5cc34)cccc21. The van der Waals surface area contributed by atoms with E-state index in [1.165, 1.54) is 54.9 Å². The number of benzene rings is 10. The molecule has 0 amide bonds. The van der Waals surface area contributed by atoms with Crippen LogP contribution in [0.2, 0.25) is 0 Å². The lowest BCUT2D eigenvalue weighted by Gasteiger charge is -2.19. The zero-order valence-electron chi connectivity index (χ0n) is 37.0. The molecule has 0 aliphatic rings. The summed E-state index contributed by atoms with van der Waals surface area (Å²) in [7, 11) is 0. The molecular formula is C62H46N4. The Balaban J connectivity index is 1.10. The van der Waals surface area contributed by atoms with Crippen molar-refractivity contribution in [3.63, 3.8) is 0 Å². The Bertz CT molecular complexity index is 3540. The summed E-state index contributed by atoms with van der Waals surface area (Å²) in [6.07, 6.45) is 0. The molecule has 0 saturated heterocycles. The van der Waals surface area contributed by atoms with Crippen LogP contribution in [0.4, 0.5) is 0 Å². The third kappa shape index (κ3) is 6.36. The Morgan fingerprint density at radius 2 is 0.636 bits per heavy atom. The van der Waals surface area contributed by atoms with Crippen LogP contribution in [0.25, 0.3) is 122 Å². The van der Waals surface area contributed by atoms with Gasteiger partial charge in [-0.05, 0) is 98.1 Å². The zero-order valence-corrected chi connectivity index (χ0v) is 37.0. The second kappa shape index (κ2) is 16.3. The van der Waals surface area contributed by atoms with Gasteiger partial charge in [0.1, 0.15) is 11.6 Å². The Hall–Kier alpha value is -8.34. The van der Waals surface area contributed by atoms with Crippen LogP contribution in [-0.2, 0) is 13.1 Å². The van der Waals surface area contributed by atoms with Gasteiger partial charge in [0.15, 0.2) is 0 Å². The number of nitrogens with zero attached hydrogens (tertiary/aromatic N) is 4. The van der Waals surface area contributed by atoms with Gasteiger partial charge in [-0.1, -0.05) is 200 Å². The largest absolute Gasteiger partial charge is 0.324 e. The van der Waals surface area contributed by atoms with Gasteiger partial charge in [-0.15, -0.1) is 0 Å². The van der Waals surface area contributed by atoms with Crippen molar-refractivity contribution >= 4 is 43.6 Å². The maximum atomic E-state index is 5.40. The fraction of sp³-hybridized carbons (Fsp3) is 0.0645. The van der Waals surface area contributed by atoms with Crippen molar-refractivity contribution in [3.05, 3.63) is 218 Å². The molecule has 314 valence electrons. The van der Waals surface area contributed by atoms with Crippen molar-refractivity contribution in [1.82, 2.24) is 19.1 Å². The van der Waals surface area contributed by atoms with Crippen LogP contribution in [0.5, 0.6) is 0 Å². The predicted molar refractivity (Wildman–Crippen MR) is 277 cm³/mol. The van der Waals surface area contributed by atoms with Gasteiger partial charge in [0.2, 0.25) is 0 Å². The van der Waals surface area contributed by atoms with Crippen LogP contribution in [0, 0.1) is 0 Å². The molecule has 0 radical (unpaired) electrons. The zero-order chi connectivity index (χ0) is 44.1. The van der Waals surface area contributed by atoms with E-state index < -0.39 is 0 Å². The van der Waals surface area contributed by atoms with Crippen molar-refractivity contribution in [1.29, 1.82) is 0 Å². The first-order chi connectivity index (χ1) is 32.7. The fourth-order valence-electron chi connectivity index (χ4n) is 10.4. The molecule has 2 heterocycles. The van der Waals surface area contributed by atoms with Crippen LogP contribution < -0.4 is 0 Å². The van der Waals surface area contributed by atoms with E-state index in [1.807, 2.05) is 0 Å². The normalized spacial score (nSPS) is 11.6. The van der Waals surface area contributed by atoms with Gasteiger partial charge in [-0.2, -0.15) is 0 Å². The maximum absolute atomic E-state index is 5.40. The molecule has 12 aromatic rings. The number of para-hydroxylation sites is 2. The number of hydrogen-bond acceptors (Lipinski definition) is 2. The highest BCUT2D eigenvalue weighted by Crippen LogP contribution is 2.47. The summed E-state index contributed by atoms with van der Waals surface area (Å²) in [5.41, 5.74) is 18.2. The van der Waals surface area contributed by atoms with Gasteiger partial charge in [-0.3, -0.25) is 0 Å². The van der Waals surface area contributed by atoms with E-state index in [2.05, 4.69) is 241 Å². The molecule has 0 N–H and O–H groups in total. The molecule has 2 aromatic heterocycles. The van der Waals surface area contributed by atoms with Gasteiger partial charge >= 0.3 is 0 Å². The summed E-state index contributed by atoms with van der Waals surface area (Å²) in [6, 6.07) is 79.1. The Morgan fingerprint density at radius 3 is 1.05 bits per heavy atom. The maximum Gasteiger partial charge on any atom is 0.141 e. The van der Waals surface area contributed by atoms with Crippen molar-refractivity contribution in [2.24, 2.45) is 0 Å². The number of aromatic nitrogens is 4. The van der Waals surface area contributed by atoms with Crippen molar-refractivity contribution in [3.8, 4) is 78.4 Å². The van der Waals surface area contributed by atoms with Gasteiger partial charge in [0, 0.05) is 35.3 Å².